The Morgan fingerprint density at radius 2 is 1.10 bits per heavy atom. The van der Waals surface area contributed by atoms with Gasteiger partial charge in [0.15, 0.2) is 0 Å². The van der Waals surface area contributed by atoms with Gasteiger partial charge in [-0.15, -0.1) is 0 Å². The predicted octanol–water partition coefficient (Wildman–Crippen LogP) is 2.88. The van der Waals surface area contributed by atoms with Crippen molar-refractivity contribution in [1.29, 1.82) is 0 Å². The molecule has 0 saturated carbocycles. The number of hydrogen-bond donors (Lipinski definition) is 0. The maximum absolute atomic E-state index is 2.45. The molecule has 0 saturated heterocycles. The Morgan fingerprint density at radius 1 is 0.800 bits per heavy atom. The molecular weight excluding hydrogens is 181 g/mol. The maximum atomic E-state index is 2.45. The summed E-state index contributed by atoms with van der Waals surface area (Å²) in [5.41, 5.74) is 3.16. The SMILES string of the molecule is CC1=[C](C)[Ge]([CH3])[C](C)=C1C. The Labute approximate surface area is 68.1 Å². The van der Waals surface area contributed by atoms with Crippen LogP contribution in [-0.4, -0.2) is 14.3 Å². The van der Waals surface area contributed by atoms with Crippen LogP contribution < -0.4 is 0 Å². The van der Waals surface area contributed by atoms with Crippen molar-refractivity contribution in [2.45, 2.75) is 33.5 Å². The molecule has 1 heterocycles. The van der Waals surface area contributed by atoms with Gasteiger partial charge in [-0.2, -0.15) is 0 Å². The van der Waals surface area contributed by atoms with Gasteiger partial charge in [0.1, 0.15) is 0 Å². The average Bonchev–Trinajstić information content (AvgIpc) is 2.07. The van der Waals surface area contributed by atoms with Crippen molar-refractivity contribution in [1.82, 2.24) is 0 Å². The van der Waals surface area contributed by atoms with E-state index in [4.69, 9.17) is 0 Å². The van der Waals surface area contributed by atoms with E-state index in [0.29, 0.717) is 0 Å². The number of allylic oxidation sites excluding steroid dienone is 4. The van der Waals surface area contributed by atoms with E-state index in [-0.39, 0.29) is 0 Å². The molecule has 0 aromatic rings. The van der Waals surface area contributed by atoms with Gasteiger partial charge in [0.25, 0.3) is 0 Å². The second-order valence-corrected chi connectivity index (χ2v) is 8.89. The molecule has 0 unspecified atom stereocenters. The second kappa shape index (κ2) is 2.57. The Bertz CT molecular complexity index is 197. The summed E-state index contributed by atoms with van der Waals surface area (Å²) < 4.78 is 3.44. The van der Waals surface area contributed by atoms with E-state index >= 15 is 0 Å². The molecule has 1 aliphatic rings. The normalized spacial score (nSPS) is 21.3. The molecule has 1 radical (unpaired) electrons. The molecule has 0 N–H and O–H groups in total. The topological polar surface area (TPSA) is 0 Å². The van der Waals surface area contributed by atoms with E-state index in [0.717, 1.165) is 0 Å². The van der Waals surface area contributed by atoms with Crippen molar-refractivity contribution < 1.29 is 0 Å². The zero-order valence-electron chi connectivity index (χ0n) is 7.50. The zero-order valence-corrected chi connectivity index (χ0v) is 9.60. The Balaban J connectivity index is 3.09. The van der Waals surface area contributed by atoms with E-state index in [2.05, 4.69) is 33.5 Å². The predicted molar refractivity (Wildman–Crippen MR) is 48.4 cm³/mol. The third kappa shape index (κ3) is 0.987. The molecule has 0 aromatic heterocycles. The minimum atomic E-state index is -0.852. The van der Waals surface area contributed by atoms with Crippen LogP contribution in [0.4, 0.5) is 0 Å². The molecule has 1 rings (SSSR count). The quantitative estimate of drug-likeness (QED) is 0.522. The van der Waals surface area contributed by atoms with Gasteiger partial charge in [-0.25, -0.2) is 0 Å². The molecule has 0 atom stereocenters. The number of hydrogen-bond acceptors (Lipinski definition) is 0. The fourth-order valence-corrected chi connectivity index (χ4v) is 5.73. The van der Waals surface area contributed by atoms with Crippen molar-refractivity contribution >= 4 is 14.3 Å². The van der Waals surface area contributed by atoms with Crippen molar-refractivity contribution in [2.75, 3.05) is 0 Å². The van der Waals surface area contributed by atoms with Crippen molar-refractivity contribution in [3.8, 4) is 0 Å². The first-order chi connectivity index (χ1) is 4.55. The molecule has 0 spiro atoms. The summed E-state index contributed by atoms with van der Waals surface area (Å²) in [6.45, 7) is 9.14. The van der Waals surface area contributed by atoms with Gasteiger partial charge in [0.2, 0.25) is 0 Å². The van der Waals surface area contributed by atoms with Crippen LogP contribution in [0, 0.1) is 0 Å². The van der Waals surface area contributed by atoms with Gasteiger partial charge < -0.3 is 0 Å². The molecular formula is C9H15Ge. The standard InChI is InChI=1S/C9H15Ge/c1-6-7(2)9(4)10(5)8(6)3/h1-5H3. The van der Waals surface area contributed by atoms with Gasteiger partial charge in [0.05, 0.1) is 0 Å². The van der Waals surface area contributed by atoms with Crippen LogP contribution in [0.1, 0.15) is 27.7 Å². The Hall–Kier alpha value is 0.0229. The molecule has 0 nitrogen and oxygen atoms in total. The van der Waals surface area contributed by atoms with E-state index in [1.54, 1.807) is 20.0 Å². The van der Waals surface area contributed by atoms with Crippen molar-refractivity contribution in [2.24, 2.45) is 0 Å². The summed E-state index contributed by atoms with van der Waals surface area (Å²) in [5, 5.41) is 0. The summed E-state index contributed by atoms with van der Waals surface area (Å²) in [6, 6.07) is 0. The van der Waals surface area contributed by atoms with Crippen LogP contribution in [-0.2, 0) is 0 Å². The summed E-state index contributed by atoms with van der Waals surface area (Å²) in [6.07, 6.45) is 0. The van der Waals surface area contributed by atoms with E-state index in [1.165, 1.54) is 0 Å². The first-order valence-corrected chi connectivity index (χ1v) is 7.95. The molecule has 0 aliphatic carbocycles. The van der Waals surface area contributed by atoms with E-state index < -0.39 is 14.3 Å². The molecule has 0 fully saturated rings. The summed E-state index contributed by atoms with van der Waals surface area (Å²) in [5.74, 6) is 2.45. The fourth-order valence-electron chi connectivity index (χ4n) is 1.41. The van der Waals surface area contributed by atoms with Crippen LogP contribution in [0.15, 0.2) is 20.0 Å². The number of rotatable bonds is 0. The van der Waals surface area contributed by atoms with Crippen LogP contribution >= 0.6 is 0 Å². The monoisotopic (exact) mass is 197 g/mol. The molecule has 55 valence electrons. The Morgan fingerprint density at radius 3 is 1.20 bits per heavy atom. The van der Waals surface area contributed by atoms with E-state index in [9.17, 15) is 0 Å². The average molecular weight is 196 g/mol. The summed E-state index contributed by atoms with van der Waals surface area (Å²) in [4.78, 5) is 0. The molecule has 0 bridgehead atoms. The summed E-state index contributed by atoms with van der Waals surface area (Å²) >= 11 is -0.852. The molecule has 10 heavy (non-hydrogen) atoms. The van der Waals surface area contributed by atoms with Crippen LogP contribution in [0.2, 0.25) is 5.76 Å². The molecule has 1 heteroatoms. The third-order valence-corrected chi connectivity index (χ3v) is 9.11. The van der Waals surface area contributed by atoms with Crippen molar-refractivity contribution in [3.63, 3.8) is 0 Å². The van der Waals surface area contributed by atoms with Crippen molar-refractivity contribution in [3.05, 3.63) is 20.0 Å². The van der Waals surface area contributed by atoms with E-state index in [1.807, 2.05) is 0 Å². The van der Waals surface area contributed by atoms with Gasteiger partial charge in [-0.1, -0.05) is 0 Å². The Kier molecular flexibility index (Phi) is 2.09. The first-order valence-electron chi connectivity index (χ1n) is 3.75. The first kappa shape index (κ1) is 8.12. The third-order valence-electron chi connectivity index (χ3n) is 2.81. The zero-order chi connectivity index (χ0) is 7.89. The van der Waals surface area contributed by atoms with Crippen LogP contribution in [0.3, 0.4) is 0 Å². The van der Waals surface area contributed by atoms with Gasteiger partial charge in [-0.05, 0) is 0 Å². The molecule has 0 amide bonds. The van der Waals surface area contributed by atoms with Crippen LogP contribution in [0.25, 0.3) is 0 Å². The van der Waals surface area contributed by atoms with Gasteiger partial charge >= 0.3 is 67.8 Å². The van der Waals surface area contributed by atoms with Gasteiger partial charge in [0, 0.05) is 0 Å². The molecule has 1 aliphatic heterocycles. The fraction of sp³-hybridized carbons (Fsp3) is 0.556. The van der Waals surface area contributed by atoms with Crippen LogP contribution in [0.5, 0.6) is 0 Å². The summed E-state index contributed by atoms with van der Waals surface area (Å²) in [7, 11) is 0. The second-order valence-electron chi connectivity index (χ2n) is 3.12. The van der Waals surface area contributed by atoms with Gasteiger partial charge in [-0.3, -0.25) is 0 Å². The molecule has 0 aromatic carbocycles. The minimum absolute atomic E-state index is 0.852.